The fraction of sp³-hybridized carbons (Fsp3) is 0.105. The Morgan fingerprint density at radius 2 is 1.28 bits per heavy atom. The molecule has 0 radical (unpaired) electrons. The van der Waals surface area contributed by atoms with Gasteiger partial charge in [0.1, 0.15) is 0 Å². The third-order valence-electron chi connectivity index (χ3n) is 8.57. The van der Waals surface area contributed by atoms with Gasteiger partial charge in [0.25, 0.3) is 0 Å². The molecule has 0 heterocycles. The number of aryl methyl sites for hydroxylation is 1. The van der Waals surface area contributed by atoms with Gasteiger partial charge >= 0.3 is 0 Å². The average molecular weight is 500 g/mol. The Balaban J connectivity index is 1.49. The maximum Gasteiger partial charge on any atom is 0.0559 e. The molecule has 0 aliphatic heterocycles. The SMILES string of the molecule is C1=CCC(N(c2ccccc2)c2ccc3c(c2)c2ccccc2c2c4c(c5ccccc5c32)CCC=C4)C=C1. The molecule has 39 heavy (non-hydrogen) atoms. The van der Waals surface area contributed by atoms with Crippen molar-refractivity contribution >= 4 is 60.5 Å². The first-order valence-electron chi connectivity index (χ1n) is 14.0. The Labute approximate surface area is 229 Å². The highest BCUT2D eigenvalue weighted by Gasteiger charge is 2.22. The zero-order chi connectivity index (χ0) is 25.8. The lowest BCUT2D eigenvalue weighted by Crippen LogP contribution is -2.29. The smallest absolute Gasteiger partial charge is 0.0559 e. The van der Waals surface area contributed by atoms with E-state index in [4.69, 9.17) is 0 Å². The Morgan fingerprint density at radius 3 is 2.08 bits per heavy atom. The molecule has 0 saturated heterocycles. The second-order valence-corrected chi connectivity index (χ2v) is 10.7. The quantitative estimate of drug-likeness (QED) is 0.219. The summed E-state index contributed by atoms with van der Waals surface area (Å²) < 4.78 is 0. The van der Waals surface area contributed by atoms with Crippen LogP contribution in [0.1, 0.15) is 24.0 Å². The molecule has 0 N–H and O–H groups in total. The standard InChI is InChI=1S/C38H29N/c1-3-13-26(14-4-1)39(27-15-5-2-6-16-27)28-23-24-35-36(25-28)31-19-9-12-22-34(31)37-32-20-10-7-17-29(32)30-18-8-11-21-33(30)38(35)37/h1-6,8-15,18-25,27H,7,16-17H2. The zero-order valence-corrected chi connectivity index (χ0v) is 21.8. The second-order valence-electron chi connectivity index (χ2n) is 10.7. The van der Waals surface area contributed by atoms with Crippen molar-refractivity contribution in [1.82, 2.24) is 0 Å². The van der Waals surface area contributed by atoms with E-state index >= 15 is 0 Å². The molecular formula is C38H29N. The Hall–Kier alpha value is -4.62. The summed E-state index contributed by atoms with van der Waals surface area (Å²) in [5, 5.41) is 10.9. The minimum atomic E-state index is 0.277. The molecule has 8 rings (SSSR count). The maximum atomic E-state index is 2.49. The van der Waals surface area contributed by atoms with Crippen molar-refractivity contribution in [3.8, 4) is 0 Å². The lowest BCUT2D eigenvalue weighted by molar-refractivity contribution is 0.785. The molecule has 186 valence electrons. The van der Waals surface area contributed by atoms with E-state index in [1.54, 1.807) is 0 Å². The predicted molar refractivity (Wildman–Crippen MR) is 169 cm³/mol. The number of fused-ring (bicyclic) bond motifs is 11. The van der Waals surface area contributed by atoms with Gasteiger partial charge in [0, 0.05) is 11.4 Å². The number of para-hydroxylation sites is 1. The van der Waals surface area contributed by atoms with Crippen molar-refractivity contribution in [1.29, 1.82) is 0 Å². The van der Waals surface area contributed by atoms with Crippen LogP contribution < -0.4 is 4.90 Å². The number of allylic oxidation sites excluding steroid dienone is 3. The van der Waals surface area contributed by atoms with Crippen molar-refractivity contribution in [2.24, 2.45) is 0 Å². The summed E-state index contributed by atoms with van der Waals surface area (Å²) in [7, 11) is 0. The number of anilines is 2. The monoisotopic (exact) mass is 499 g/mol. The highest BCUT2D eigenvalue weighted by molar-refractivity contribution is 6.34. The van der Waals surface area contributed by atoms with E-state index in [2.05, 4.69) is 138 Å². The van der Waals surface area contributed by atoms with Crippen LogP contribution in [0.25, 0.3) is 49.2 Å². The van der Waals surface area contributed by atoms with Crippen LogP contribution in [0.3, 0.4) is 0 Å². The van der Waals surface area contributed by atoms with E-state index in [-0.39, 0.29) is 6.04 Å². The van der Waals surface area contributed by atoms with Gasteiger partial charge in [-0.1, -0.05) is 109 Å². The molecule has 1 heteroatoms. The normalized spacial score (nSPS) is 16.4. The van der Waals surface area contributed by atoms with Crippen LogP contribution in [0.4, 0.5) is 11.4 Å². The Bertz CT molecular complexity index is 1990. The minimum Gasteiger partial charge on any atom is -0.334 e. The van der Waals surface area contributed by atoms with Crippen LogP contribution in [0.15, 0.2) is 127 Å². The number of hydrogen-bond donors (Lipinski definition) is 0. The summed E-state index contributed by atoms with van der Waals surface area (Å²) in [6, 6.07) is 36.3. The van der Waals surface area contributed by atoms with E-state index < -0.39 is 0 Å². The molecule has 1 atom stereocenters. The lowest BCUT2D eigenvalue weighted by atomic mass is 9.82. The third kappa shape index (κ3) is 3.47. The van der Waals surface area contributed by atoms with Gasteiger partial charge in [-0.25, -0.2) is 0 Å². The summed E-state index contributed by atoms with van der Waals surface area (Å²) in [5.41, 5.74) is 5.35. The molecule has 6 aromatic carbocycles. The third-order valence-corrected chi connectivity index (χ3v) is 8.57. The molecule has 0 aromatic heterocycles. The van der Waals surface area contributed by atoms with Crippen LogP contribution in [-0.2, 0) is 6.42 Å². The molecule has 2 aliphatic carbocycles. The summed E-state index contributed by atoms with van der Waals surface area (Å²) >= 11 is 0. The second kappa shape index (κ2) is 8.99. The Kier molecular flexibility index (Phi) is 5.16. The molecule has 2 aliphatic rings. The number of nitrogens with zero attached hydrogens (tertiary/aromatic N) is 1. The fourth-order valence-electron chi connectivity index (χ4n) is 6.91. The predicted octanol–water partition coefficient (Wildman–Crippen LogP) is 10.3. The van der Waals surface area contributed by atoms with Gasteiger partial charge < -0.3 is 4.90 Å². The topological polar surface area (TPSA) is 3.24 Å². The number of hydrogen-bond acceptors (Lipinski definition) is 1. The largest absolute Gasteiger partial charge is 0.334 e. The molecule has 1 unspecified atom stereocenters. The molecule has 0 saturated carbocycles. The van der Waals surface area contributed by atoms with Crippen LogP contribution in [0.2, 0.25) is 0 Å². The average Bonchev–Trinajstić information content (AvgIpc) is 3.02. The fourth-order valence-corrected chi connectivity index (χ4v) is 6.91. The van der Waals surface area contributed by atoms with Crippen LogP contribution >= 0.6 is 0 Å². The molecule has 0 spiro atoms. The molecular weight excluding hydrogens is 470 g/mol. The molecule has 0 fully saturated rings. The van der Waals surface area contributed by atoms with Gasteiger partial charge in [-0.15, -0.1) is 0 Å². The van der Waals surface area contributed by atoms with E-state index in [1.165, 1.54) is 65.6 Å². The zero-order valence-electron chi connectivity index (χ0n) is 21.8. The Morgan fingerprint density at radius 1 is 0.564 bits per heavy atom. The lowest BCUT2D eigenvalue weighted by Gasteiger charge is -2.33. The summed E-state index contributed by atoms with van der Waals surface area (Å²) in [6.45, 7) is 0. The van der Waals surface area contributed by atoms with Gasteiger partial charge in [0.05, 0.1) is 6.04 Å². The van der Waals surface area contributed by atoms with E-state index in [1.807, 2.05) is 0 Å². The van der Waals surface area contributed by atoms with Crippen molar-refractivity contribution in [2.75, 3.05) is 4.90 Å². The summed E-state index contributed by atoms with van der Waals surface area (Å²) in [5.74, 6) is 0. The maximum absolute atomic E-state index is 2.49. The van der Waals surface area contributed by atoms with E-state index in [0.717, 1.165) is 19.3 Å². The molecule has 0 bridgehead atoms. The molecule has 0 amide bonds. The first-order valence-corrected chi connectivity index (χ1v) is 14.0. The number of rotatable bonds is 3. The highest BCUT2D eigenvalue weighted by atomic mass is 15.2. The summed E-state index contributed by atoms with van der Waals surface area (Å²) in [4.78, 5) is 2.49. The van der Waals surface area contributed by atoms with E-state index in [9.17, 15) is 0 Å². The van der Waals surface area contributed by atoms with Crippen molar-refractivity contribution in [3.63, 3.8) is 0 Å². The van der Waals surface area contributed by atoms with Crippen LogP contribution in [0, 0.1) is 0 Å². The first kappa shape index (κ1) is 22.4. The highest BCUT2D eigenvalue weighted by Crippen LogP contribution is 2.45. The molecule has 6 aromatic rings. The van der Waals surface area contributed by atoms with Crippen molar-refractivity contribution in [2.45, 2.75) is 25.3 Å². The minimum absolute atomic E-state index is 0.277. The first-order chi connectivity index (χ1) is 19.4. The van der Waals surface area contributed by atoms with Gasteiger partial charge in [-0.2, -0.15) is 0 Å². The van der Waals surface area contributed by atoms with Gasteiger partial charge in [0.15, 0.2) is 0 Å². The van der Waals surface area contributed by atoms with Gasteiger partial charge in [-0.3, -0.25) is 0 Å². The van der Waals surface area contributed by atoms with Gasteiger partial charge in [-0.05, 0) is 97.7 Å². The van der Waals surface area contributed by atoms with Crippen LogP contribution in [0.5, 0.6) is 0 Å². The van der Waals surface area contributed by atoms with Crippen molar-refractivity contribution in [3.05, 3.63) is 139 Å². The van der Waals surface area contributed by atoms with Crippen molar-refractivity contribution < 1.29 is 0 Å². The van der Waals surface area contributed by atoms with Crippen LogP contribution in [-0.4, -0.2) is 6.04 Å². The van der Waals surface area contributed by atoms with Gasteiger partial charge in [0.2, 0.25) is 0 Å². The summed E-state index contributed by atoms with van der Waals surface area (Å²) in [6.07, 6.45) is 16.8. The molecule has 1 nitrogen and oxygen atoms in total. The van der Waals surface area contributed by atoms with E-state index in [0.29, 0.717) is 0 Å². The number of benzene rings is 6.